The second-order valence-corrected chi connectivity index (χ2v) is 4.60. The Bertz CT molecular complexity index is 725. The van der Waals surface area contributed by atoms with Gasteiger partial charge in [-0.25, -0.2) is 22.4 Å². The van der Waals surface area contributed by atoms with Crippen LogP contribution in [0.3, 0.4) is 0 Å². The number of halogens is 4. The van der Waals surface area contributed by atoms with Crippen molar-refractivity contribution in [1.82, 2.24) is 5.32 Å². The van der Waals surface area contributed by atoms with Gasteiger partial charge in [-0.15, -0.1) is 0 Å². The second kappa shape index (κ2) is 7.10. The molecular formula is C15H12F4N2O2. The summed E-state index contributed by atoms with van der Waals surface area (Å²) in [7, 11) is 0. The van der Waals surface area contributed by atoms with E-state index < -0.39 is 41.1 Å². The van der Waals surface area contributed by atoms with Crippen LogP contribution in [0.1, 0.15) is 11.7 Å². The summed E-state index contributed by atoms with van der Waals surface area (Å²) in [6.45, 7) is -0.363. The number of carbonyl (C=O) groups is 1. The molecule has 0 heterocycles. The van der Waals surface area contributed by atoms with Gasteiger partial charge in [-0.1, -0.05) is 18.2 Å². The van der Waals surface area contributed by atoms with Crippen LogP contribution in [0, 0.1) is 23.3 Å². The molecule has 1 atom stereocenters. The summed E-state index contributed by atoms with van der Waals surface area (Å²) >= 11 is 0. The van der Waals surface area contributed by atoms with Crippen molar-refractivity contribution < 1.29 is 27.5 Å². The Labute approximate surface area is 128 Å². The third kappa shape index (κ3) is 3.98. The van der Waals surface area contributed by atoms with Crippen molar-refractivity contribution in [3.05, 3.63) is 65.2 Å². The Morgan fingerprint density at radius 1 is 1.00 bits per heavy atom. The SMILES string of the molecule is O=C(NC[C@@H](O)c1ccccc1F)Nc1ccc(F)c(F)c1F. The van der Waals surface area contributed by atoms with Gasteiger partial charge in [0.15, 0.2) is 17.5 Å². The summed E-state index contributed by atoms with van der Waals surface area (Å²) in [5, 5.41) is 13.9. The van der Waals surface area contributed by atoms with Crippen molar-refractivity contribution in [2.75, 3.05) is 11.9 Å². The van der Waals surface area contributed by atoms with Crippen molar-refractivity contribution in [2.24, 2.45) is 0 Å². The standard InChI is InChI=1S/C15H12F4N2O2/c16-9-4-2-1-3-8(9)12(22)7-20-15(23)21-11-6-5-10(17)13(18)14(11)19/h1-6,12,22H,7H2,(H2,20,21,23)/t12-/m1/s1. The molecule has 0 aliphatic carbocycles. The number of rotatable bonds is 4. The van der Waals surface area contributed by atoms with Gasteiger partial charge in [0.25, 0.3) is 0 Å². The first-order valence-electron chi connectivity index (χ1n) is 6.51. The molecule has 0 aliphatic heterocycles. The zero-order valence-corrected chi connectivity index (χ0v) is 11.6. The minimum Gasteiger partial charge on any atom is -0.386 e. The van der Waals surface area contributed by atoms with E-state index in [-0.39, 0.29) is 12.1 Å². The lowest BCUT2D eigenvalue weighted by molar-refractivity contribution is 0.170. The number of carbonyl (C=O) groups excluding carboxylic acids is 1. The Morgan fingerprint density at radius 2 is 1.70 bits per heavy atom. The molecular weight excluding hydrogens is 316 g/mol. The number of anilines is 1. The molecule has 0 aliphatic rings. The molecule has 0 unspecified atom stereocenters. The van der Waals surface area contributed by atoms with Crippen LogP contribution in [0.5, 0.6) is 0 Å². The molecule has 0 bridgehead atoms. The number of benzene rings is 2. The number of amides is 2. The molecule has 23 heavy (non-hydrogen) atoms. The molecule has 4 nitrogen and oxygen atoms in total. The minimum atomic E-state index is -1.71. The lowest BCUT2D eigenvalue weighted by Crippen LogP contribution is -2.33. The fraction of sp³-hybridized carbons (Fsp3) is 0.133. The molecule has 0 radical (unpaired) electrons. The third-order valence-electron chi connectivity index (χ3n) is 3.00. The van der Waals surface area contributed by atoms with Gasteiger partial charge in [-0.2, -0.15) is 0 Å². The lowest BCUT2D eigenvalue weighted by Gasteiger charge is -2.14. The van der Waals surface area contributed by atoms with Gasteiger partial charge in [-0.05, 0) is 18.2 Å². The van der Waals surface area contributed by atoms with Crippen LogP contribution in [-0.4, -0.2) is 17.7 Å². The lowest BCUT2D eigenvalue weighted by atomic mass is 10.1. The summed E-state index contributed by atoms with van der Waals surface area (Å²) in [6.07, 6.45) is -1.32. The van der Waals surface area contributed by atoms with E-state index >= 15 is 0 Å². The number of hydrogen-bond acceptors (Lipinski definition) is 2. The Balaban J connectivity index is 1.96. The van der Waals surface area contributed by atoms with Crippen LogP contribution in [0.25, 0.3) is 0 Å². The van der Waals surface area contributed by atoms with E-state index in [1.165, 1.54) is 18.2 Å². The Morgan fingerprint density at radius 3 is 2.39 bits per heavy atom. The topological polar surface area (TPSA) is 61.4 Å². The fourth-order valence-electron chi connectivity index (χ4n) is 1.83. The van der Waals surface area contributed by atoms with E-state index in [2.05, 4.69) is 5.32 Å². The van der Waals surface area contributed by atoms with E-state index in [9.17, 15) is 27.5 Å². The number of aliphatic hydroxyl groups is 1. The van der Waals surface area contributed by atoms with Crippen LogP contribution in [-0.2, 0) is 0 Å². The van der Waals surface area contributed by atoms with Crippen molar-refractivity contribution in [1.29, 1.82) is 0 Å². The van der Waals surface area contributed by atoms with Crippen molar-refractivity contribution in [2.45, 2.75) is 6.10 Å². The molecule has 3 N–H and O–H groups in total. The first-order valence-corrected chi connectivity index (χ1v) is 6.51. The summed E-state index contributed by atoms with van der Waals surface area (Å²) in [5.74, 6) is -5.29. The number of hydrogen-bond donors (Lipinski definition) is 3. The molecule has 0 spiro atoms. The van der Waals surface area contributed by atoms with Gasteiger partial charge in [0, 0.05) is 12.1 Å². The predicted octanol–water partition coefficient (Wildman–Crippen LogP) is 3.10. The maximum atomic E-state index is 13.4. The van der Waals surface area contributed by atoms with E-state index in [1.54, 1.807) is 0 Å². The van der Waals surface area contributed by atoms with Crippen molar-refractivity contribution in [3.8, 4) is 0 Å². The van der Waals surface area contributed by atoms with E-state index in [0.717, 1.165) is 12.1 Å². The first kappa shape index (κ1) is 16.8. The molecule has 0 saturated carbocycles. The van der Waals surface area contributed by atoms with Crippen LogP contribution in [0.4, 0.5) is 28.0 Å². The molecule has 122 valence electrons. The quantitative estimate of drug-likeness (QED) is 0.597. The summed E-state index contributed by atoms with van der Waals surface area (Å²) < 4.78 is 52.6. The third-order valence-corrected chi connectivity index (χ3v) is 3.00. The fourth-order valence-corrected chi connectivity index (χ4v) is 1.83. The number of aliphatic hydroxyl groups excluding tert-OH is 1. The first-order chi connectivity index (χ1) is 10.9. The highest BCUT2D eigenvalue weighted by Crippen LogP contribution is 2.19. The molecule has 2 rings (SSSR count). The van der Waals surface area contributed by atoms with Crippen LogP contribution in [0.2, 0.25) is 0 Å². The highest BCUT2D eigenvalue weighted by Gasteiger charge is 2.17. The average molecular weight is 328 g/mol. The summed E-state index contributed by atoms with van der Waals surface area (Å²) in [6, 6.07) is 5.98. The monoisotopic (exact) mass is 328 g/mol. The van der Waals surface area contributed by atoms with Gasteiger partial charge in [-0.3, -0.25) is 0 Å². The molecule has 8 heteroatoms. The maximum Gasteiger partial charge on any atom is 0.319 e. The minimum absolute atomic E-state index is 0.0215. The van der Waals surface area contributed by atoms with Crippen LogP contribution in [0.15, 0.2) is 36.4 Å². The molecule has 0 fully saturated rings. The normalized spacial score (nSPS) is 11.9. The Kier molecular flexibility index (Phi) is 5.17. The van der Waals surface area contributed by atoms with Gasteiger partial charge >= 0.3 is 6.03 Å². The largest absolute Gasteiger partial charge is 0.386 e. The van der Waals surface area contributed by atoms with Gasteiger partial charge in [0.05, 0.1) is 11.8 Å². The number of nitrogens with one attached hydrogen (secondary N) is 2. The van der Waals surface area contributed by atoms with E-state index in [4.69, 9.17) is 0 Å². The van der Waals surface area contributed by atoms with E-state index in [0.29, 0.717) is 6.07 Å². The maximum absolute atomic E-state index is 13.4. The zero-order valence-electron chi connectivity index (χ0n) is 11.6. The molecule has 2 aromatic carbocycles. The van der Waals surface area contributed by atoms with Crippen molar-refractivity contribution >= 4 is 11.7 Å². The molecule has 0 aromatic heterocycles. The predicted molar refractivity (Wildman–Crippen MR) is 74.7 cm³/mol. The summed E-state index contributed by atoms with van der Waals surface area (Å²) in [5.41, 5.74) is -0.589. The van der Waals surface area contributed by atoms with Gasteiger partial charge in [0.2, 0.25) is 0 Å². The van der Waals surface area contributed by atoms with Crippen LogP contribution >= 0.6 is 0 Å². The highest BCUT2D eigenvalue weighted by molar-refractivity contribution is 5.89. The van der Waals surface area contributed by atoms with Crippen LogP contribution < -0.4 is 10.6 Å². The average Bonchev–Trinajstić information content (AvgIpc) is 2.53. The molecule has 0 saturated heterocycles. The number of urea groups is 1. The highest BCUT2D eigenvalue weighted by atomic mass is 19.2. The second-order valence-electron chi connectivity index (χ2n) is 4.60. The zero-order chi connectivity index (χ0) is 17.0. The van der Waals surface area contributed by atoms with Crippen molar-refractivity contribution in [3.63, 3.8) is 0 Å². The van der Waals surface area contributed by atoms with Gasteiger partial charge < -0.3 is 15.7 Å². The Hall–Kier alpha value is -2.61. The van der Waals surface area contributed by atoms with E-state index in [1.807, 2.05) is 5.32 Å². The molecule has 2 amide bonds. The molecule has 2 aromatic rings. The summed E-state index contributed by atoms with van der Waals surface area (Å²) in [4.78, 5) is 11.6. The van der Waals surface area contributed by atoms with Gasteiger partial charge in [0.1, 0.15) is 5.82 Å². The smallest absolute Gasteiger partial charge is 0.319 e.